The molecule has 0 saturated carbocycles. The maximum absolute atomic E-state index is 13.4. The summed E-state index contributed by atoms with van der Waals surface area (Å²) in [6.45, 7) is 1.36. The predicted molar refractivity (Wildman–Crippen MR) is 63.1 cm³/mol. The molecule has 100 valence electrons. The van der Waals surface area contributed by atoms with Gasteiger partial charge in [-0.05, 0) is 18.9 Å². The van der Waals surface area contributed by atoms with Crippen LogP contribution in [0.1, 0.15) is 24.4 Å². The van der Waals surface area contributed by atoms with E-state index in [1.165, 1.54) is 12.1 Å². The SMILES string of the molecule is NC(COCC1CCCO1)c1cccc(F)c1F. The van der Waals surface area contributed by atoms with Crippen molar-refractivity contribution < 1.29 is 18.3 Å². The maximum atomic E-state index is 13.4. The lowest BCUT2D eigenvalue weighted by molar-refractivity contribution is 0.0126. The van der Waals surface area contributed by atoms with Crippen molar-refractivity contribution in [3.63, 3.8) is 0 Å². The van der Waals surface area contributed by atoms with E-state index >= 15 is 0 Å². The fraction of sp³-hybridized carbons (Fsp3) is 0.538. The van der Waals surface area contributed by atoms with E-state index in [0.29, 0.717) is 6.61 Å². The number of hydrogen-bond donors (Lipinski definition) is 1. The summed E-state index contributed by atoms with van der Waals surface area (Å²) in [5, 5.41) is 0. The molecule has 1 saturated heterocycles. The predicted octanol–water partition coefficient (Wildman–Crippen LogP) is 2.16. The number of nitrogens with two attached hydrogens (primary N) is 1. The highest BCUT2D eigenvalue weighted by Crippen LogP contribution is 2.18. The summed E-state index contributed by atoms with van der Waals surface area (Å²) in [7, 11) is 0. The summed E-state index contributed by atoms with van der Waals surface area (Å²) in [6, 6.07) is 3.31. The summed E-state index contributed by atoms with van der Waals surface area (Å²) in [6.07, 6.45) is 2.12. The van der Waals surface area contributed by atoms with Crippen molar-refractivity contribution in [3.8, 4) is 0 Å². The van der Waals surface area contributed by atoms with Crippen molar-refractivity contribution in [2.75, 3.05) is 19.8 Å². The second kappa shape index (κ2) is 6.22. The molecule has 1 aromatic carbocycles. The molecule has 0 aromatic heterocycles. The Morgan fingerprint density at radius 3 is 3.00 bits per heavy atom. The van der Waals surface area contributed by atoms with Crippen LogP contribution in [0.25, 0.3) is 0 Å². The smallest absolute Gasteiger partial charge is 0.163 e. The molecule has 1 fully saturated rings. The van der Waals surface area contributed by atoms with Crippen LogP contribution in [0.5, 0.6) is 0 Å². The maximum Gasteiger partial charge on any atom is 0.163 e. The molecular weight excluding hydrogens is 240 g/mol. The molecule has 3 nitrogen and oxygen atoms in total. The van der Waals surface area contributed by atoms with Gasteiger partial charge in [-0.3, -0.25) is 0 Å². The van der Waals surface area contributed by atoms with E-state index in [2.05, 4.69) is 0 Å². The van der Waals surface area contributed by atoms with Crippen molar-refractivity contribution in [3.05, 3.63) is 35.4 Å². The van der Waals surface area contributed by atoms with E-state index in [1.54, 1.807) is 0 Å². The molecule has 0 amide bonds. The van der Waals surface area contributed by atoms with E-state index in [0.717, 1.165) is 25.5 Å². The Labute approximate surface area is 105 Å². The van der Waals surface area contributed by atoms with Crippen LogP contribution in [0.3, 0.4) is 0 Å². The first kappa shape index (κ1) is 13.4. The van der Waals surface area contributed by atoms with Gasteiger partial charge in [-0.15, -0.1) is 0 Å². The van der Waals surface area contributed by atoms with Gasteiger partial charge in [0, 0.05) is 12.2 Å². The Morgan fingerprint density at radius 1 is 1.44 bits per heavy atom. The zero-order chi connectivity index (χ0) is 13.0. The molecule has 1 aliphatic heterocycles. The molecule has 0 radical (unpaired) electrons. The van der Waals surface area contributed by atoms with Crippen LogP contribution in [-0.4, -0.2) is 25.9 Å². The summed E-state index contributed by atoms with van der Waals surface area (Å²) in [5.74, 6) is -1.78. The molecule has 2 unspecified atom stereocenters. The van der Waals surface area contributed by atoms with E-state index in [4.69, 9.17) is 15.2 Å². The zero-order valence-electron chi connectivity index (χ0n) is 10.1. The number of rotatable bonds is 5. The standard InChI is InChI=1S/C13H17F2NO2/c14-11-5-1-4-10(13(11)15)12(16)8-17-7-9-3-2-6-18-9/h1,4-5,9,12H,2-3,6-8,16H2. The third-order valence-electron chi connectivity index (χ3n) is 3.01. The lowest BCUT2D eigenvalue weighted by Crippen LogP contribution is -2.22. The van der Waals surface area contributed by atoms with Crippen LogP contribution in [0, 0.1) is 11.6 Å². The molecule has 0 bridgehead atoms. The van der Waals surface area contributed by atoms with Gasteiger partial charge < -0.3 is 15.2 Å². The van der Waals surface area contributed by atoms with Crippen molar-refractivity contribution in [1.29, 1.82) is 0 Å². The van der Waals surface area contributed by atoms with Crippen molar-refractivity contribution in [2.45, 2.75) is 25.0 Å². The highest BCUT2D eigenvalue weighted by molar-refractivity contribution is 5.22. The minimum absolute atomic E-state index is 0.106. The average molecular weight is 257 g/mol. The van der Waals surface area contributed by atoms with Crippen LogP contribution in [0.15, 0.2) is 18.2 Å². The third kappa shape index (κ3) is 3.25. The zero-order valence-corrected chi connectivity index (χ0v) is 10.1. The molecule has 2 N–H and O–H groups in total. The first-order valence-electron chi connectivity index (χ1n) is 6.07. The molecule has 1 aliphatic rings. The fourth-order valence-electron chi connectivity index (χ4n) is 2.00. The van der Waals surface area contributed by atoms with Crippen LogP contribution >= 0.6 is 0 Å². The van der Waals surface area contributed by atoms with Crippen LogP contribution < -0.4 is 5.73 Å². The van der Waals surface area contributed by atoms with Gasteiger partial charge in [0.25, 0.3) is 0 Å². The second-order valence-corrected chi connectivity index (χ2v) is 4.42. The normalized spacial score (nSPS) is 21.2. The quantitative estimate of drug-likeness (QED) is 0.879. The van der Waals surface area contributed by atoms with Gasteiger partial charge in [0.15, 0.2) is 11.6 Å². The Bertz CT molecular complexity index is 395. The molecule has 1 heterocycles. The van der Waals surface area contributed by atoms with E-state index in [-0.39, 0.29) is 18.3 Å². The number of benzene rings is 1. The minimum atomic E-state index is -0.897. The van der Waals surface area contributed by atoms with Gasteiger partial charge in [-0.2, -0.15) is 0 Å². The monoisotopic (exact) mass is 257 g/mol. The second-order valence-electron chi connectivity index (χ2n) is 4.42. The Morgan fingerprint density at radius 2 is 2.28 bits per heavy atom. The summed E-state index contributed by atoms with van der Waals surface area (Å²) in [4.78, 5) is 0. The van der Waals surface area contributed by atoms with Gasteiger partial charge in [-0.1, -0.05) is 12.1 Å². The molecule has 1 aromatic rings. The van der Waals surface area contributed by atoms with Gasteiger partial charge >= 0.3 is 0 Å². The summed E-state index contributed by atoms with van der Waals surface area (Å²) >= 11 is 0. The highest BCUT2D eigenvalue weighted by atomic mass is 19.2. The number of halogens is 2. The van der Waals surface area contributed by atoms with Gasteiger partial charge in [0.2, 0.25) is 0 Å². The molecule has 18 heavy (non-hydrogen) atoms. The van der Waals surface area contributed by atoms with Gasteiger partial charge in [0.05, 0.1) is 25.4 Å². The van der Waals surface area contributed by atoms with E-state index in [1.807, 2.05) is 0 Å². The van der Waals surface area contributed by atoms with Crippen LogP contribution in [-0.2, 0) is 9.47 Å². The van der Waals surface area contributed by atoms with E-state index < -0.39 is 17.7 Å². The molecule has 5 heteroatoms. The Balaban J connectivity index is 1.83. The van der Waals surface area contributed by atoms with Crippen molar-refractivity contribution >= 4 is 0 Å². The molecular formula is C13H17F2NO2. The van der Waals surface area contributed by atoms with E-state index in [9.17, 15) is 8.78 Å². The van der Waals surface area contributed by atoms with Crippen molar-refractivity contribution in [2.24, 2.45) is 5.73 Å². The minimum Gasteiger partial charge on any atom is -0.377 e. The topological polar surface area (TPSA) is 44.5 Å². The fourth-order valence-corrected chi connectivity index (χ4v) is 2.00. The number of ether oxygens (including phenoxy) is 2. The Kier molecular flexibility index (Phi) is 4.63. The number of hydrogen-bond acceptors (Lipinski definition) is 3. The van der Waals surface area contributed by atoms with Gasteiger partial charge in [0.1, 0.15) is 0 Å². The summed E-state index contributed by atoms with van der Waals surface area (Å²) in [5.41, 5.74) is 5.92. The van der Waals surface area contributed by atoms with Crippen LogP contribution in [0.4, 0.5) is 8.78 Å². The van der Waals surface area contributed by atoms with Crippen molar-refractivity contribution in [1.82, 2.24) is 0 Å². The summed E-state index contributed by atoms with van der Waals surface area (Å²) < 4.78 is 37.2. The molecule has 2 atom stereocenters. The largest absolute Gasteiger partial charge is 0.377 e. The molecule has 0 spiro atoms. The molecule has 0 aliphatic carbocycles. The average Bonchev–Trinajstić information content (AvgIpc) is 2.85. The Hall–Kier alpha value is -1.04. The first-order chi connectivity index (χ1) is 8.68. The van der Waals surface area contributed by atoms with Crippen LogP contribution in [0.2, 0.25) is 0 Å². The lowest BCUT2D eigenvalue weighted by Gasteiger charge is -2.15. The third-order valence-corrected chi connectivity index (χ3v) is 3.01. The van der Waals surface area contributed by atoms with Gasteiger partial charge in [-0.25, -0.2) is 8.78 Å². The first-order valence-corrected chi connectivity index (χ1v) is 6.07. The lowest BCUT2D eigenvalue weighted by atomic mass is 10.1. The molecule has 2 rings (SSSR count). The highest BCUT2D eigenvalue weighted by Gasteiger charge is 2.18.